The van der Waals surface area contributed by atoms with Gasteiger partial charge in [0.1, 0.15) is 0 Å². The number of likely N-dealkylation sites (N-methyl/N-ethyl adjacent to an activating group) is 1. The maximum absolute atomic E-state index is 5.65. The van der Waals surface area contributed by atoms with Gasteiger partial charge in [-0.3, -0.25) is 0 Å². The third-order valence-corrected chi connectivity index (χ3v) is 1.82. The fourth-order valence-electron chi connectivity index (χ4n) is 1.23. The molecule has 0 spiro atoms. The highest BCUT2D eigenvalue weighted by Crippen LogP contribution is 1.99. The summed E-state index contributed by atoms with van der Waals surface area (Å²) in [6, 6.07) is 0. The standard InChI is InChI=1S/C13H17N3/c1-11(10-16(2)3)15-13-7-5-4-6-12(14)8-9-13/h4-5,8-9,15H,1,10,14H2,2-3H3/b9-8-. The number of nitrogens with one attached hydrogen (secondary N) is 1. The first-order chi connectivity index (χ1) is 7.58. The largest absolute Gasteiger partial charge is 0.392 e. The zero-order valence-corrected chi connectivity index (χ0v) is 9.75. The first-order valence-electron chi connectivity index (χ1n) is 5.03. The second kappa shape index (κ2) is 5.84. The Morgan fingerprint density at radius 2 is 2.06 bits per heavy atom. The van der Waals surface area contributed by atoms with Crippen molar-refractivity contribution in [2.75, 3.05) is 20.6 Å². The quantitative estimate of drug-likeness (QED) is 0.694. The van der Waals surface area contributed by atoms with E-state index in [0.717, 1.165) is 17.9 Å². The van der Waals surface area contributed by atoms with Crippen LogP contribution in [0.4, 0.5) is 0 Å². The lowest BCUT2D eigenvalue weighted by atomic mass is 10.3. The molecule has 0 atom stereocenters. The number of hydrogen-bond donors (Lipinski definition) is 2. The highest BCUT2D eigenvalue weighted by molar-refractivity contribution is 5.30. The molecule has 0 heterocycles. The Balaban J connectivity index is 2.70. The molecule has 0 aromatic rings. The van der Waals surface area contributed by atoms with Crippen molar-refractivity contribution in [1.29, 1.82) is 0 Å². The van der Waals surface area contributed by atoms with Crippen molar-refractivity contribution in [3.8, 4) is 0 Å². The molecule has 0 aromatic carbocycles. The predicted molar refractivity (Wildman–Crippen MR) is 67.3 cm³/mol. The van der Waals surface area contributed by atoms with Gasteiger partial charge in [-0.15, -0.1) is 0 Å². The van der Waals surface area contributed by atoms with E-state index in [1.165, 1.54) is 0 Å². The molecule has 3 N–H and O–H groups in total. The van der Waals surface area contributed by atoms with Gasteiger partial charge in [0.05, 0.1) is 11.4 Å². The molecule has 1 aliphatic carbocycles. The van der Waals surface area contributed by atoms with Gasteiger partial charge in [0, 0.05) is 12.2 Å². The maximum Gasteiger partial charge on any atom is 0.0816 e. The van der Waals surface area contributed by atoms with E-state index in [9.17, 15) is 0 Å². The van der Waals surface area contributed by atoms with Crippen molar-refractivity contribution in [3.63, 3.8) is 0 Å². The van der Waals surface area contributed by atoms with E-state index in [2.05, 4.69) is 23.4 Å². The van der Waals surface area contributed by atoms with Gasteiger partial charge >= 0.3 is 0 Å². The molecular weight excluding hydrogens is 198 g/mol. The molecule has 0 radical (unpaired) electrons. The Hall–Kier alpha value is -1.92. The molecule has 0 aliphatic heterocycles. The summed E-state index contributed by atoms with van der Waals surface area (Å²) in [6.45, 7) is 4.71. The van der Waals surface area contributed by atoms with Crippen LogP contribution in [0.15, 0.2) is 59.4 Å². The first kappa shape index (κ1) is 12.2. The summed E-state index contributed by atoms with van der Waals surface area (Å²) >= 11 is 0. The average Bonchev–Trinajstić information content (AvgIpc) is 2.16. The van der Waals surface area contributed by atoms with Gasteiger partial charge in [-0.2, -0.15) is 0 Å². The molecule has 0 aromatic heterocycles. The monoisotopic (exact) mass is 215 g/mol. The Morgan fingerprint density at radius 3 is 2.75 bits per heavy atom. The minimum atomic E-state index is 0.593. The van der Waals surface area contributed by atoms with Crippen LogP contribution in [0.25, 0.3) is 0 Å². The number of hydrogen-bond acceptors (Lipinski definition) is 3. The molecule has 0 saturated carbocycles. The molecule has 0 saturated heterocycles. The second-order valence-corrected chi connectivity index (χ2v) is 3.79. The van der Waals surface area contributed by atoms with Crippen LogP contribution in [-0.4, -0.2) is 25.5 Å². The van der Waals surface area contributed by atoms with Crippen molar-refractivity contribution < 1.29 is 0 Å². The summed E-state index contributed by atoms with van der Waals surface area (Å²) in [5.74, 6) is 0. The summed E-state index contributed by atoms with van der Waals surface area (Å²) in [4.78, 5) is 2.04. The predicted octanol–water partition coefficient (Wildman–Crippen LogP) is 1.26. The van der Waals surface area contributed by atoms with Crippen LogP contribution in [-0.2, 0) is 0 Å². The van der Waals surface area contributed by atoms with Crippen LogP contribution in [0, 0.1) is 0 Å². The van der Waals surface area contributed by atoms with Crippen LogP contribution < -0.4 is 11.1 Å². The van der Waals surface area contributed by atoms with E-state index < -0.39 is 0 Å². The van der Waals surface area contributed by atoms with Gasteiger partial charge in [-0.05, 0) is 38.4 Å². The third-order valence-electron chi connectivity index (χ3n) is 1.82. The zero-order chi connectivity index (χ0) is 12.0. The molecule has 84 valence electrons. The molecule has 1 aliphatic rings. The molecule has 0 bridgehead atoms. The molecule has 1 rings (SSSR count). The normalized spacial score (nSPS) is 16.2. The number of nitrogens with two attached hydrogens (primary N) is 1. The van der Waals surface area contributed by atoms with Crippen LogP contribution >= 0.6 is 0 Å². The van der Waals surface area contributed by atoms with Gasteiger partial charge < -0.3 is 16.0 Å². The van der Waals surface area contributed by atoms with E-state index in [-0.39, 0.29) is 0 Å². The van der Waals surface area contributed by atoms with Crippen molar-refractivity contribution in [3.05, 3.63) is 59.4 Å². The van der Waals surface area contributed by atoms with Crippen molar-refractivity contribution >= 4 is 0 Å². The minimum absolute atomic E-state index is 0.593. The molecule has 0 fully saturated rings. The third kappa shape index (κ3) is 4.54. The van der Waals surface area contributed by atoms with E-state index in [0.29, 0.717) is 5.70 Å². The van der Waals surface area contributed by atoms with Crippen molar-refractivity contribution in [2.24, 2.45) is 5.73 Å². The van der Waals surface area contributed by atoms with Crippen LogP contribution in [0.5, 0.6) is 0 Å². The highest BCUT2D eigenvalue weighted by atomic mass is 15.1. The van der Waals surface area contributed by atoms with Crippen LogP contribution in [0.1, 0.15) is 0 Å². The first-order valence-corrected chi connectivity index (χ1v) is 5.03. The molecule has 3 nitrogen and oxygen atoms in total. The van der Waals surface area contributed by atoms with Gasteiger partial charge in [0.2, 0.25) is 0 Å². The Morgan fingerprint density at radius 1 is 1.38 bits per heavy atom. The number of rotatable bonds is 4. The average molecular weight is 215 g/mol. The molecule has 3 heteroatoms. The van der Waals surface area contributed by atoms with Gasteiger partial charge in [0.15, 0.2) is 0 Å². The summed E-state index contributed by atoms with van der Waals surface area (Å²) in [7, 11) is 3.99. The fourth-order valence-corrected chi connectivity index (χ4v) is 1.23. The molecule has 16 heavy (non-hydrogen) atoms. The topological polar surface area (TPSA) is 41.3 Å². The number of allylic oxidation sites excluding steroid dienone is 2. The van der Waals surface area contributed by atoms with Gasteiger partial charge in [0.25, 0.3) is 0 Å². The Kier molecular flexibility index (Phi) is 4.43. The summed E-state index contributed by atoms with van der Waals surface area (Å²) in [6.07, 6.45) is 7.13. The lowest BCUT2D eigenvalue weighted by Crippen LogP contribution is -2.22. The smallest absolute Gasteiger partial charge is 0.0816 e. The molecule has 0 amide bonds. The van der Waals surface area contributed by atoms with E-state index >= 15 is 0 Å². The molecular formula is C13H17N3. The van der Waals surface area contributed by atoms with Crippen LogP contribution in [0.2, 0.25) is 0 Å². The fraction of sp³-hybridized carbons (Fsp3) is 0.231. The van der Waals surface area contributed by atoms with Crippen LogP contribution in [0.3, 0.4) is 0 Å². The van der Waals surface area contributed by atoms with E-state index in [1.807, 2.05) is 25.1 Å². The highest BCUT2D eigenvalue weighted by Gasteiger charge is 1.97. The Labute approximate surface area is 96.6 Å². The zero-order valence-electron chi connectivity index (χ0n) is 9.75. The van der Waals surface area contributed by atoms with Crippen molar-refractivity contribution in [1.82, 2.24) is 10.2 Å². The van der Waals surface area contributed by atoms with E-state index in [4.69, 9.17) is 5.73 Å². The summed E-state index contributed by atoms with van der Waals surface area (Å²) in [5.41, 5.74) is 14.0. The number of nitrogens with zero attached hydrogens (tertiary/aromatic N) is 1. The Bertz CT molecular complexity index is 426. The van der Waals surface area contributed by atoms with Gasteiger partial charge in [-0.1, -0.05) is 18.0 Å². The molecule has 0 unspecified atom stereocenters. The lowest BCUT2D eigenvalue weighted by Gasteiger charge is -2.13. The summed E-state index contributed by atoms with van der Waals surface area (Å²) in [5, 5.41) is 3.17. The second-order valence-electron chi connectivity index (χ2n) is 3.79. The summed E-state index contributed by atoms with van der Waals surface area (Å²) < 4.78 is 0. The van der Waals surface area contributed by atoms with E-state index in [1.54, 1.807) is 18.2 Å². The maximum atomic E-state index is 5.65. The van der Waals surface area contributed by atoms with Gasteiger partial charge in [-0.25, -0.2) is 0 Å². The SMILES string of the molecule is C=C(CN(C)C)NC1=C=CC=C=C(N)/C=C\1. The minimum Gasteiger partial charge on any atom is -0.392 e. The van der Waals surface area contributed by atoms with Crippen molar-refractivity contribution in [2.45, 2.75) is 0 Å². The lowest BCUT2D eigenvalue weighted by molar-refractivity contribution is 0.438.